The largest absolute Gasteiger partial charge is 0.370 e. The highest BCUT2D eigenvalue weighted by molar-refractivity contribution is 7.09. The highest BCUT2D eigenvalue weighted by Crippen LogP contribution is 2.19. The maximum atomic E-state index is 4.57. The Labute approximate surface area is 112 Å². The molecule has 1 N–H and O–H groups in total. The first-order valence-corrected chi connectivity index (χ1v) is 6.89. The predicted octanol–water partition coefficient (Wildman–Crippen LogP) is 2.91. The van der Waals surface area contributed by atoms with Gasteiger partial charge in [0.05, 0.1) is 17.7 Å². The highest BCUT2D eigenvalue weighted by Gasteiger charge is 2.08. The van der Waals surface area contributed by atoms with Crippen LogP contribution in [0.15, 0.2) is 23.7 Å². The standard InChI is InChI=1S/C13H18N4S/c1-4-14-12-6-5-7-13(16-12)17(3)8-11-10(2)15-9-18-11/h5-7,9H,4,8H2,1-3H3,(H,14,16). The number of rotatable bonds is 5. The summed E-state index contributed by atoms with van der Waals surface area (Å²) in [5.41, 5.74) is 3.00. The summed E-state index contributed by atoms with van der Waals surface area (Å²) in [5, 5.41) is 3.23. The average Bonchev–Trinajstić information content (AvgIpc) is 2.76. The van der Waals surface area contributed by atoms with E-state index in [1.807, 2.05) is 30.6 Å². The van der Waals surface area contributed by atoms with Gasteiger partial charge in [-0.15, -0.1) is 11.3 Å². The first kappa shape index (κ1) is 12.8. The van der Waals surface area contributed by atoms with Crippen LogP contribution in [0.2, 0.25) is 0 Å². The Morgan fingerprint density at radius 1 is 1.39 bits per heavy atom. The molecule has 0 radical (unpaired) electrons. The topological polar surface area (TPSA) is 41.0 Å². The third kappa shape index (κ3) is 2.98. The lowest BCUT2D eigenvalue weighted by molar-refractivity contribution is 0.901. The van der Waals surface area contributed by atoms with Crippen LogP contribution in [0.25, 0.3) is 0 Å². The predicted molar refractivity (Wildman–Crippen MR) is 77.4 cm³/mol. The van der Waals surface area contributed by atoms with Gasteiger partial charge in [0, 0.05) is 18.5 Å². The summed E-state index contributed by atoms with van der Waals surface area (Å²) in [6.45, 7) is 5.84. The van der Waals surface area contributed by atoms with E-state index in [1.54, 1.807) is 11.3 Å². The van der Waals surface area contributed by atoms with Gasteiger partial charge in [-0.1, -0.05) is 6.07 Å². The van der Waals surface area contributed by atoms with Crippen LogP contribution in [0.1, 0.15) is 17.5 Å². The molecule has 0 aromatic carbocycles. The molecule has 0 spiro atoms. The Morgan fingerprint density at radius 3 is 2.89 bits per heavy atom. The van der Waals surface area contributed by atoms with E-state index >= 15 is 0 Å². The summed E-state index contributed by atoms with van der Waals surface area (Å²) in [5.74, 6) is 1.89. The summed E-state index contributed by atoms with van der Waals surface area (Å²) in [4.78, 5) is 12.3. The molecule has 4 nitrogen and oxygen atoms in total. The Bertz CT molecular complexity index is 509. The molecule has 0 saturated heterocycles. The fourth-order valence-corrected chi connectivity index (χ4v) is 2.52. The number of pyridine rings is 1. The van der Waals surface area contributed by atoms with Gasteiger partial charge >= 0.3 is 0 Å². The number of hydrogen-bond donors (Lipinski definition) is 1. The van der Waals surface area contributed by atoms with Crippen LogP contribution in [0.5, 0.6) is 0 Å². The number of nitrogens with zero attached hydrogens (tertiary/aromatic N) is 3. The quantitative estimate of drug-likeness (QED) is 0.899. The Hall–Kier alpha value is -1.62. The van der Waals surface area contributed by atoms with Gasteiger partial charge < -0.3 is 10.2 Å². The molecule has 2 heterocycles. The van der Waals surface area contributed by atoms with E-state index in [9.17, 15) is 0 Å². The van der Waals surface area contributed by atoms with Gasteiger partial charge in [0.1, 0.15) is 11.6 Å². The fourth-order valence-electron chi connectivity index (χ4n) is 1.69. The van der Waals surface area contributed by atoms with Gasteiger partial charge in [-0.3, -0.25) is 0 Å². The zero-order valence-electron chi connectivity index (χ0n) is 11.0. The number of aryl methyl sites for hydroxylation is 1. The van der Waals surface area contributed by atoms with E-state index in [2.05, 4.69) is 34.2 Å². The molecule has 0 aliphatic rings. The smallest absolute Gasteiger partial charge is 0.131 e. The molecule has 0 saturated carbocycles. The number of hydrogen-bond acceptors (Lipinski definition) is 5. The maximum Gasteiger partial charge on any atom is 0.131 e. The minimum absolute atomic E-state index is 0.846. The molecule has 2 aromatic heterocycles. The van der Waals surface area contributed by atoms with Crippen molar-refractivity contribution >= 4 is 23.0 Å². The summed E-state index contributed by atoms with van der Waals surface area (Å²) in [7, 11) is 2.05. The summed E-state index contributed by atoms with van der Waals surface area (Å²) >= 11 is 1.69. The van der Waals surface area contributed by atoms with Gasteiger partial charge in [0.2, 0.25) is 0 Å². The summed E-state index contributed by atoms with van der Waals surface area (Å²) < 4.78 is 0. The zero-order chi connectivity index (χ0) is 13.0. The van der Waals surface area contributed by atoms with Crippen LogP contribution in [0, 0.1) is 6.92 Å². The van der Waals surface area contributed by atoms with Gasteiger partial charge in [0.25, 0.3) is 0 Å². The third-order valence-corrected chi connectivity index (χ3v) is 3.63. The van der Waals surface area contributed by atoms with Crippen LogP contribution in [-0.4, -0.2) is 23.6 Å². The van der Waals surface area contributed by atoms with Crippen LogP contribution in [-0.2, 0) is 6.54 Å². The molecule has 0 atom stereocenters. The van der Waals surface area contributed by atoms with Crippen molar-refractivity contribution in [3.05, 3.63) is 34.3 Å². The molecule has 0 aliphatic heterocycles. The lowest BCUT2D eigenvalue weighted by Crippen LogP contribution is -2.18. The van der Waals surface area contributed by atoms with Crippen molar-refractivity contribution in [2.24, 2.45) is 0 Å². The molecule has 0 amide bonds. The van der Waals surface area contributed by atoms with E-state index in [0.717, 1.165) is 30.4 Å². The van der Waals surface area contributed by atoms with Gasteiger partial charge in [-0.25, -0.2) is 9.97 Å². The zero-order valence-corrected chi connectivity index (χ0v) is 11.8. The van der Waals surface area contributed by atoms with Crippen molar-refractivity contribution in [2.45, 2.75) is 20.4 Å². The first-order valence-electron chi connectivity index (χ1n) is 6.01. The van der Waals surface area contributed by atoms with Crippen LogP contribution >= 0.6 is 11.3 Å². The average molecular weight is 262 g/mol. The van der Waals surface area contributed by atoms with E-state index in [4.69, 9.17) is 0 Å². The molecular weight excluding hydrogens is 244 g/mol. The molecule has 0 aliphatic carbocycles. The summed E-state index contributed by atoms with van der Waals surface area (Å²) in [6.07, 6.45) is 0. The monoisotopic (exact) mass is 262 g/mol. The van der Waals surface area contributed by atoms with Crippen LogP contribution in [0.4, 0.5) is 11.6 Å². The maximum absolute atomic E-state index is 4.57. The van der Waals surface area contributed by atoms with Crippen molar-refractivity contribution in [1.29, 1.82) is 0 Å². The van der Waals surface area contributed by atoms with Crippen molar-refractivity contribution in [2.75, 3.05) is 23.8 Å². The van der Waals surface area contributed by atoms with Gasteiger partial charge in [0.15, 0.2) is 0 Å². The van der Waals surface area contributed by atoms with Crippen molar-refractivity contribution in [3.8, 4) is 0 Å². The number of aromatic nitrogens is 2. The second-order valence-corrected chi connectivity index (χ2v) is 5.07. The summed E-state index contributed by atoms with van der Waals surface area (Å²) in [6, 6.07) is 6.03. The molecular formula is C13H18N4S. The Balaban J connectivity index is 2.11. The Morgan fingerprint density at radius 2 is 2.22 bits per heavy atom. The van der Waals surface area contributed by atoms with E-state index in [1.165, 1.54) is 4.88 Å². The van der Waals surface area contributed by atoms with Crippen molar-refractivity contribution in [3.63, 3.8) is 0 Å². The number of nitrogens with one attached hydrogen (secondary N) is 1. The lowest BCUT2D eigenvalue weighted by atomic mass is 10.3. The first-order chi connectivity index (χ1) is 8.70. The molecule has 18 heavy (non-hydrogen) atoms. The minimum Gasteiger partial charge on any atom is -0.370 e. The minimum atomic E-state index is 0.846. The van der Waals surface area contributed by atoms with E-state index in [0.29, 0.717) is 0 Å². The second-order valence-electron chi connectivity index (χ2n) is 4.13. The number of thiazole rings is 1. The Kier molecular flexibility index (Phi) is 4.15. The highest BCUT2D eigenvalue weighted by atomic mass is 32.1. The lowest BCUT2D eigenvalue weighted by Gasteiger charge is -2.18. The van der Waals surface area contributed by atoms with Crippen LogP contribution < -0.4 is 10.2 Å². The molecule has 5 heteroatoms. The molecule has 0 unspecified atom stereocenters. The SMILES string of the molecule is CCNc1cccc(N(C)Cc2scnc2C)n1. The second kappa shape index (κ2) is 5.82. The van der Waals surface area contributed by atoms with Crippen molar-refractivity contribution < 1.29 is 0 Å². The molecule has 0 fully saturated rings. The van der Waals surface area contributed by atoms with Gasteiger partial charge in [-0.2, -0.15) is 0 Å². The molecule has 0 bridgehead atoms. The third-order valence-electron chi connectivity index (χ3n) is 2.71. The van der Waals surface area contributed by atoms with E-state index < -0.39 is 0 Å². The molecule has 2 aromatic rings. The molecule has 96 valence electrons. The fraction of sp³-hybridized carbons (Fsp3) is 0.385. The normalized spacial score (nSPS) is 10.4. The van der Waals surface area contributed by atoms with E-state index in [-0.39, 0.29) is 0 Å². The van der Waals surface area contributed by atoms with Gasteiger partial charge in [-0.05, 0) is 26.0 Å². The van der Waals surface area contributed by atoms with Crippen LogP contribution in [0.3, 0.4) is 0 Å². The van der Waals surface area contributed by atoms with Crippen molar-refractivity contribution in [1.82, 2.24) is 9.97 Å². The molecule has 2 rings (SSSR count). The number of anilines is 2.